The molecule has 0 saturated carbocycles. The van der Waals surface area contributed by atoms with Gasteiger partial charge in [-0.05, 0) is 23.6 Å². The first-order valence-electron chi connectivity index (χ1n) is 8.94. The molecule has 4 nitrogen and oxygen atoms in total. The van der Waals surface area contributed by atoms with Gasteiger partial charge in [-0.1, -0.05) is 84.9 Å². The minimum atomic E-state index is 0. The molecule has 0 atom stereocenters. The molecule has 0 aliphatic carbocycles. The van der Waals surface area contributed by atoms with Crippen LogP contribution in [0.2, 0.25) is 0 Å². The topological polar surface area (TPSA) is 30.9 Å². The maximum Gasteiger partial charge on any atom is 0.176 e. The van der Waals surface area contributed by atoms with Gasteiger partial charge in [0.2, 0.25) is 0 Å². The summed E-state index contributed by atoms with van der Waals surface area (Å²) in [6, 6.07) is 35.0. The molecule has 0 bridgehead atoms. The Balaban J connectivity index is 0.00000192. The molecule has 1 N–H and O–H groups in total. The van der Waals surface area contributed by atoms with E-state index in [9.17, 15) is 0 Å². The normalized spacial score (nSPS) is 13.1. The van der Waals surface area contributed by atoms with E-state index in [1.807, 2.05) is 46.6 Å². The van der Waals surface area contributed by atoms with Gasteiger partial charge in [-0.15, -0.1) is 17.5 Å². The van der Waals surface area contributed by atoms with E-state index in [0.717, 1.165) is 28.2 Å². The Hall–Kier alpha value is -3.50. The van der Waals surface area contributed by atoms with Gasteiger partial charge in [-0.2, -0.15) is 10.2 Å². The van der Waals surface area contributed by atoms with Gasteiger partial charge in [0.25, 0.3) is 0 Å². The highest BCUT2D eigenvalue weighted by Gasteiger charge is 2.27. The number of rotatable bonds is 3. The van der Waals surface area contributed by atoms with Crippen LogP contribution in [-0.4, -0.2) is 5.84 Å². The summed E-state index contributed by atoms with van der Waals surface area (Å²) in [7, 11) is 0. The lowest BCUT2D eigenvalue weighted by molar-refractivity contribution is 0.773. The first-order chi connectivity index (χ1) is 13.4. The van der Waals surface area contributed by atoms with Crippen molar-refractivity contribution >= 4 is 40.4 Å². The van der Waals surface area contributed by atoms with Crippen LogP contribution in [0.3, 0.4) is 0 Å². The average Bonchev–Trinajstić information content (AvgIpc) is 3.20. The highest BCUT2D eigenvalue weighted by molar-refractivity contribution is 6.04. The van der Waals surface area contributed by atoms with E-state index in [4.69, 9.17) is 5.10 Å². The lowest BCUT2D eigenvalue weighted by Crippen LogP contribution is -2.44. The molecule has 5 heteroatoms. The zero-order chi connectivity index (χ0) is 18.1. The van der Waals surface area contributed by atoms with Crippen molar-refractivity contribution in [1.82, 2.24) is 5.43 Å². The lowest BCUT2D eigenvalue weighted by Gasteiger charge is -2.28. The minimum absolute atomic E-state index is 0. The highest BCUT2D eigenvalue weighted by atomic mass is 35.5. The fourth-order valence-electron chi connectivity index (χ4n) is 3.32. The molecule has 0 unspecified atom stereocenters. The van der Waals surface area contributed by atoms with Gasteiger partial charge < -0.3 is 0 Å². The van der Waals surface area contributed by atoms with Crippen LogP contribution in [0.25, 0.3) is 10.8 Å². The number of amidine groups is 1. The summed E-state index contributed by atoms with van der Waals surface area (Å²) in [6.45, 7) is 0. The summed E-state index contributed by atoms with van der Waals surface area (Å²) in [6.07, 6.45) is 0. The summed E-state index contributed by atoms with van der Waals surface area (Å²) in [4.78, 5) is 0. The molecule has 28 heavy (non-hydrogen) atoms. The van der Waals surface area contributed by atoms with Crippen LogP contribution in [0, 0.1) is 0 Å². The maximum atomic E-state index is 4.90. The standard InChI is InChI=1S/C23H18N4.ClH/c1-3-11-19(12-4-1)23-24-26(20-14-5-2-6-15-20)27(25-23)22-17-9-13-18-10-7-8-16-21(18)22;/h1-17H,(H,24,25);1H. The number of halogens is 1. The van der Waals surface area contributed by atoms with Crippen molar-refractivity contribution in [2.45, 2.75) is 0 Å². The Morgan fingerprint density at radius 2 is 1.29 bits per heavy atom. The van der Waals surface area contributed by atoms with Crippen LogP contribution in [0.5, 0.6) is 0 Å². The summed E-state index contributed by atoms with van der Waals surface area (Å²) >= 11 is 0. The van der Waals surface area contributed by atoms with Crippen molar-refractivity contribution in [2.24, 2.45) is 5.10 Å². The highest BCUT2D eigenvalue weighted by Crippen LogP contribution is 2.31. The van der Waals surface area contributed by atoms with Crippen LogP contribution in [0.4, 0.5) is 11.4 Å². The number of hydrogen-bond donors (Lipinski definition) is 1. The van der Waals surface area contributed by atoms with Gasteiger partial charge in [-0.3, -0.25) is 5.43 Å². The van der Waals surface area contributed by atoms with Crippen molar-refractivity contribution in [1.29, 1.82) is 0 Å². The molecule has 0 spiro atoms. The van der Waals surface area contributed by atoms with Gasteiger partial charge in [0.1, 0.15) is 0 Å². The van der Waals surface area contributed by atoms with Crippen molar-refractivity contribution in [2.75, 3.05) is 10.2 Å². The first kappa shape index (κ1) is 17.9. The van der Waals surface area contributed by atoms with E-state index in [0.29, 0.717) is 0 Å². The molecule has 0 amide bonds. The van der Waals surface area contributed by atoms with Crippen LogP contribution < -0.4 is 15.7 Å². The Morgan fingerprint density at radius 3 is 2.07 bits per heavy atom. The number of nitrogens with zero attached hydrogens (tertiary/aromatic N) is 3. The van der Waals surface area contributed by atoms with Crippen LogP contribution >= 0.6 is 12.4 Å². The summed E-state index contributed by atoms with van der Waals surface area (Å²) in [5, 5.41) is 11.1. The van der Waals surface area contributed by atoms with Gasteiger partial charge in [0.15, 0.2) is 5.84 Å². The molecule has 0 radical (unpaired) electrons. The Bertz CT molecular complexity index is 1110. The van der Waals surface area contributed by atoms with Crippen molar-refractivity contribution in [3.8, 4) is 0 Å². The molecule has 4 aromatic carbocycles. The van der Waals surface area contributed by atoms with Gasteiger partial charge in [-0.25, -0.2) is 0 Å². The number of hydrazine groups is 2. The van der Waals surface area contributed by atoms with Crippen molar-refractivity contribution in [3.63, 3.8) is 0 Å². The second-order valence-electron chi connectivity index (χ2n) is 6.36. The number of fused-ring (bicyclic) bond motifs is 1. The van der Waals surface area contributed by atoms with Gasteiger partial charge >= 0.3 is 0 Å². The van der Waals surface area contributed by atoms with Gasteiger partial charge in [0.05, 0.1) is 11.4 Å². The Kier molecular flexibility index (Phi) is 4.87. The predicted molar refractivity (Wildman–Crippen MR) is 119 cm³/mol. The molecule has 0 aromatic heterocycles. The third-order valence-electron chi connectivity index (χ3n) is 4.63. The zero-order valence-electron chi connectivity index (χ0n) is 15.1. The van der Waals surface area contributed by atoms with Crippen LogP contribution in [0.15, 0.2) is 108 Å². The van der Waals surface area contributed by atoms with E-state index in [2.05, 4.69) is 72.2 Å². The summed E-state index contributed by atoms with van der Waals surface area (Å²) < 4.78 is 0. The number of nitrogens with one attached hydrogen (secondary N) is 1. The summed E-state index contributed by atoms with van der Waals surface area (Å²) in [5.41, 5.74) is 6.53. The fraction of sp³-hybridized carbons (Fsp3) is 0. The molecule has 138 valence electrons. The van der Waals surface area contributed by atoms with Crippen LogP contribution in [-0.2, 0) is 0 Å². The Labute approximate surface area is 170 Å². The van der Waals surface area contributed by atoms with E-state index in [1.165, 1.54) is 5.39 Å². The third-order valence-corrected chi connectivity index (χ3v) is 4.63. The molecule has 1 aliphatic rings. The number of para-hydroxylation sites is 1. The van der Waals surface area contributed by atoms with E-state index < -0.39 is 0 Å². The molecule has 4 aromatic rings. The number of hydrazone groups is 1. The number of benzene rings is 4. The molecular formula is C23H19ClN4. The second-order valence-corrected chi connectivity index (χ2v) is 6.36. The number of hydrogen-bond acceptors (Lipinski definition) is 4. The maximum absolute atomic E-state index is 4.90. The smallest absolute Gasteiger partial charge is 0.176 e. The summed E-state index contributed by atoms with van der Waals surface area (Å²) in [5.74, 6) is 0.812. The molecule has 1 heterocycles. The van der Waals surface area contributed by atoms with Crippen molar-refractivity contribution < 1.29 is 0 Å². The first-order valence-corrected chi connectivity index (χ1v) is 8.94. The quantitative estimate of drug-likeness (QED) is 0.513. The average molecular weight is 387 g/mol. The largest absolute Gasteiger partial charge is 0.259 e. The molecule has 0 fully saturated rings. The minimum Gasteiger partial charge on any atom is -0.259 e. The Morgan fingerprint density at radius 1 is 0.643 bits per heavy atom. The molecule has 0 saturated heterocycles. The van der Waals surface area contributed by atoms with Crippen molar-refractivity contribution in [3.05, 3.63) is 109 Å². The molecular weight excluding hydrogens is 368 g/mol. The third kappa shape index (κ3) is 3.15. The van der Waals surface area contributed by atoms with Gasteiger partial charge in [0, 0.05) is 10.9 Å². The monoisotopic (exact) mass is 386 g/mol. The second kappa shape index (κ2) is 7.62. The number of anilines is 2. The fourth-order valence-corrected chi connectivity index (χ4v) is 3.32. The van der Waals surface area contributed by atoms with E-state index in [1.54, 1.807) is 0 Å². The molecule has 5 rings (SSSR count). The molecule has 1 aliphatic heterocycles. The lowest BCUT2D eigenvalue weighted by atomic mass is 10.1. The zero-order valence-corrected chi connectivity index (χ0v) is 15.9. The predicted octanol–water partition coefficient (Wildman–Crippen LogP) is 5.37. The van der Waals surface area contributed by atoms with E-state index >= 15 is 0 Å². The SMILES string of the molecule is Cl.c1ccc(C2=NN(c3cccc4ccccc34)N(c3ccccc3)N2)cc1. The van der Waals surface area contributed by atoms with E-state index in [-0.39, 0.29) is 12.4 Å². The van der Waals surface area contributed by atoms with Crippen LogP contribution in [0.1, 0.15) is 5.56 Å².